The molecule has 3 heteroatoms. The molecule has 8 heavy (non-hydrogen) atoms. The third kappa shape index (κ3) is 9.44. The summed E-state index contributed by atoms with van der Waals surface area (Å²) in [5.41, 5.74) is 0. The van der Waals surface area contributed by atoms with Crippen molar-refractivity contribution in [2.24, 2.45) is 0 Å². The summed E-state index contributed by atoms with van der Waals surface area (Å²) in [4.78, 5) is 11.7. The van der Waals surface area contributed by atoms with Gasteiger partial charge in [-0.15, -0.1) is 17.0 Å². The molecule has 0 aliphatic rings. The maximum atomic E-state index is 9.68. The van der Waals surface area contributed by atoms with Crippen LogP contribution < -0.4 is 0 Å². The molecule has 0 bridgehead atoms. The van der Waals surface area contributed by atoms with E-state index in [-0.39, 0.29) is 17.0 Å². The van der Waals surface area contributed by atoms with Gasteiger partial charge in [0.05, 0.1) is 0 Å². The Balaban J connectivity index is 0. The molecule has 0 rings (SSSR count). The predicted molar refractivity (Wildman–Crippen MR) is 39.6 cm³/mol. The molecule has 50 valence electrons. The summed E-state index contributed by atoms with van der Waals surface area (Å²) in [6.07, 6.45) is 1.58. The lowest BCUT2D eigenvalue weighted by Gasteiger charge is -2.03. The van der Waals surface area contributed by atoms with Crippen molar-refractivity contribution >= 4 is 23.3 Å². The molecule has 0 unspecified atom stereocenters. The average Bonchev–Trinajstić information content (AvgIpc) is 1.61. The zero-order valence-electron chi connectivity index (χ0n) is 5.26. The van der Waals surface area contributed by atoms with E-state index in [1.165, 1.54) is 0 Å². The van der Waals surface area contributed by atoms with Crippen molar-refractivity contribution in [2.45, 2.75) is 6.42 Å². The van der Waals surface area contributed by atoms with Crippen LogP contribution in [0.4, 0.5) is 0 Å². The highest BCUT2D eigenvalue weighted by molar-refractivity contribution is 8.93. The second kappa shape index (κ2) is 7.11. The predicted octanol–water partition coefficient (Wildman–Crippen LogP) is 0.715. The molecule has 0 heterocycles. The highest BCUT2D eigenvalue weighted by Gasteiger charge is 1.83. The van der Waals surface area contributed by atoms with Crippen LogP contribution in [0, 0.1) is 0 Å². The van der Waals surface area contributed by atoms with E-state index in [2.05, 4.69) is 0 Å². The van der Waals surface area contributed by atoms with E-state index < -0.39 is 0 Å². The van der Waals surface area contributed by atoms with Gasteiger partial charge >= 0.3 is 0 Å². The van der Waals surface area contributed by atoms with Gasteiger partial charge in [-0.1, -0.05) is 0 Å². The monoisotopic (exact) mass is 181 g/mol. The number of hydrogen-bond acceptors (Lipinski definition) is 2. The van der Waals surface area contributed by atoms with E-state index in [0.717, 1.165) is 12.8 Å². The van der Waals surface area contributed by atoms with Crippen molar-refractivity contribution in [3.63, 3.8) is 0 Å². The van der Waals surface area contributed by atoms with E-state index in [9.17, 15) is 4.79 Å². The van der Waals surface area contributed by atoms with Crippen LogP contribution in [0.3, 0.4) is 0 Å². The molecule has 0 fully saturated rings. The summed E-state index contributed by atoms with van der Waals surface area (Å²) in [7, 11) is 3.90. The molecule has 0 aromatic rings. The fourth-order valence-corrected chi connectivity index (χ4v) is 0.311. The number of hydrogen-bond donors (Lipinski definition) is 0. The van der Waals surface area contributed by atoms with Crippen LogP contribution >= 0.6 is 17.0 Å². The van der Waals surface area contributed by atoms with Gasteiger partial charge < -0.3 is 9.69 Å². The van der Waals surface area contributed by atoms with Crippen LogP contribution in [0.2, 0.25) is 0 Å². The molecular formula is C5H12BrNO. The van der Waals surface area contributed by atoms with Gasteiger partial charge in [-0.3, -0.25) is 0 Å². The molecule has 2 nitrogen and oxygen atoms in total. The van der Waals surface area contributed by atoms with Gasteiger partial charge in [-0.05, 0) is 14.1 Å². The number of aldehydes is 1. The SMILES string of the molecule is Br.CN(C)CCC=O. The van der Waals surface area contributed by atoms with Crippen LogP contribution in [-0.4, -0.2) is 31.8 Å². The van der Waals surface area contributed by atoms with E-state index in [0.29, 0.717) is 6.42 Å². The quantitative estimate of drug-likeness (QED) is 0.599. The molecule has 0 atom stereocenters. The molecule has 0 aromatic heterocycles. The Morgan fingerprint density at radius 2 is 2.00 bits per heavy atom. The lowest BCUT2D eigenvalue weighted by atomic mass is 10.4. The first-order valence-electron chi connectivity index (χ1n) is 2.35. The largest absolute Gasteiger partial charge is 0.309 e. The van der Waals surface area contributed by atoms with Gasteiger partial charge in [-0.25, -0.2) is 0 Å². The summed E-state index contributed by atoms with van der Waals surface area (Å²) in [6, 6.07) is 0. The highest BCUT2D eigenvalue weighted by Crippen LogP contribution is 1.74. The molecule has 0 radical (unpaired) electrons. The van der Waals surface area contributed by atoms with Gasteiger partial charge in [0.2, 0.25) is 0 Å². The van der Waals surface area contributed by atoms with Crippen LogP contribution in [0.1, 0.15) is 6.42 Å². The standard InChI is InChI=1S/C5H11NO.BrH/c1-6(2)4-3-5-7;/h5H,3-4H2,1-2H3;1H. The zero-order valence-corrected chi connectivity index (χ0v) is 6.97. The zero-order chi connectivity index (χ0) is 5.70. The second-order valence-electron chi connectivity index (χ2n) is 1.76. The van der Waals surface area contributed by atoms with Gasteiger partial charge in [0.25, 0.3) is 0 Å². The van der Waals surface area contributed by atoms with Crippen molar-refractivity contribution < 1.29 is 4.79 Å². The molecule has 0 saturated carbocycles. The normalized spacial score (nSPS) is 8.38. The topological polar surface area (TPSA) is 20.3 Å². The Kier molecular flexibility index (Phi) is 9.76. The molecule has 0 aliphatic carbocycles. The minimum absolute atomic E-state index is 0. The molecule has 0 amide bonds. The lowest BCUT2D eigenvalue weighted by Crippen LogP contribution is -2.12. The summed E-state index contributed by atoms with van der Waals surface area (Å²) in [6.45, 7) is 0.865. The molecule has 0 spiro atoms. The van der Waals surface area contributed by atoms with Crippen molar-refractivity contribution in [2.75, 3.05) is 20.6 Å². The number of carbonyl (C=O) groups excluding carboxylic acids is 1. The molecular weight excluding hydrogens is 170 g/mol. The smallest absolute Gasteiger partial charge is 0.121 e. The summed E-state index contributed by atoms with van der Waals surface area (Å²) in [5, 5.41) is 0. The maximum absolute atomic E-state index is 9.68. The van der Waals surface area contributed by atoms with Crippen molar-refractivity contribution in [1.29, 1.82) is 0 Å². The molecule has 0 saturated heterocycles. The second-order valence-corrected chi connectivity index (χ2v) is 1.76. The van der Waals surface area contributed by atoms with E-state index in [1.54, 1.807) is 0 Å². The molecule has 0 N–H and O–H groups in total. The minimum atomic E-state index is 0. The summed E-state index contributed by atoms with van der Waals surface area (Å²) in [5.74, 6) is 0. The third-order valence-electron chi connectivity index (χ3n) is 0.694. The molecule has 0 aliphatic heterocycles. The first-order chi connectivity index (χ1) is 3.27. The lowest BCUT2D eigenvalue weighted by molar-refractivity contribution is -0.108. The average molecular weight is 182 g/mol. The fraction of sp³-hybridized carbons (Fsp3) is 0.800. The summed E-state index contributed by atoms with van der Waals surface area (Å²) >= 11 is 0. The number of rotatable bonds is 3. The first-order valence-corrected chi connectivity index (χ1v) is 2.35. The van der Waals surface area contributed by atoms with Crippen molar-refractivity contribution in [3.05, 3.63) is 0 Å². The Morgan fingerprint density at radius 1 is 1.50 bits per heavy atom. The van der Waals surface area contributed by atoms with Crippen LogP contribution in [0.5, 0.6) is 0 Å². The van der Waals surface area contributed by atoms with Gasteiger partial charge in [0.1, 0.15) is 6.29 Å². The Hall–Kier alpha value is 0.110. The van der Waals surface area contributed by atoms with Crippen LogP contribution in [-0.2, 0) is 4.79 Å². The van der Waals surface area contributed by atoms with Crippen molar-refractivity contribution in [1.82, 2.24) is 4.90 Å². The minimum Gasteiger partial charge on any atom is -0.309 e. The third-order valence-corrected chi connectivity index (χ3v) is 0.694. The Morgan fingerprint density at radius 3 is 2.12 bits per heavy atom. The van der Waals surface area contributed by atoms with E-state index in [4.69, 9.17) is 0 Å². The van der Waals surface area contributed by atoms with Gasteiger partial charge in [0.15, 0.2) is 0 Å². The first kappa shape index (κ1) is 11.0. The maximum Gasteiger partial charge on any atom is 0.121 e. The van der Waals surface area contributed by atoms with Crippen LogP contribution in [0.15, 0.2) is 0 Å². The number of halogens is 1. The fourth-order valence-electron chi connectivity index (χ4n) is 0.311. The Bertz CT molecular complexity index is 56.4. The van der Waals surface area contributed by atoms with Crippen LogP contribution in [0.25, 0.3) is 0 Å². The van der Waals surface area contributed by atoms with Gasteiger partial charge in [-0.2, -0.15) is 0 Å². The number of carbonyl (C=O) groups is 1. The van der Waals surface area contributed by atoms with Crippen molar-refractivity contribution in [3.8, 4) is 0 Å². The van der Waals surface area contributed by atoms with Gasteiger partial charge in [0, 0.05) is 13.0 Å². The van der Waals surface area contributed by atoms with E-state index in [1.807, 2.05) is 19.0 Å². The molecule has 0 aromatic carbocycles. The number of nitrogens with zero attached hydrogens (tertiary/aromatic N) is 1. The van der Waals surface area contributed by atoms with E-state index >= 15 is 0 Å². The Labute approximate surface area is 60.6 Å². The summed E-state index contributed by atoms with van der Waals surface area (Å²) < 4.78 is 0. The highest BCUT2D eigenvalue weighted by atomic mass is 79.9.